The van der Waals surface area contributed by atoms with Crippen LogP contribution in [-0.4, -0.2) is 48.1 Å². The minimum absolute atomic E-state index is 0.0325. The highest BCUT2D eigenvalue weighted by Crippen LogP contribution is 1.94. The Kier molecular flexibility index (Phi) is 11.8. The van der Waals surface area contributed by atoms with Crippen LogP contribution in [0.25, 0.3) is 0 Å². The highest BCUT2D eigenvalue weighted by atomic mass is 16.6. The molecule has 0 aliphatic carbocycles. The van der Waals surface area contributed by atoms with E-state index in [1.807, 2.05) is 0 Å². The summed E-state index contributed by atoms with van der Waals surface area (Å²) in [4.78, 5) is 21.7. The fraction of sp³-hybridized carbons (Fsp3) is 0.538. The molecule has 0 saturated heterocycles. The van der Waals surface area contributed by atoms with Crippen LogP contribution < -0.4 is 0 Å². The second-order valence-corrected chi connectivity index (χ2v) is 3.86. The summed E-state index contributed by atoms with van der Waals surface area (Å²) in [5.41, 5.74) is 0.632. The van der Waals surface area contributed by atoms with Crippen molar-refractivity contribution in [1.29, 1.82) is 0 Å². The van der Waals surface area contributed by atoms with E-state index in [4.69, 9.17) is 10.2 Å². The number of aliphatic hydroxyl groups is 2. The van der Waals surface area contributed by atoms with Gasteiger partial charge in [0.2, 0.25) is 0 Å². The maximum absolute atomic E-state index is 10.8. The molecule has 1 atom stereocenters. The van der Waals surface area contributed by atoms with Crippen LogP contribution in [0.2, 0.25) is 0 Å². The number of aliphatic hydroxyl groups excluding tert-OH is 2. The number of hydrogen-bond acceptors (Lipinski definition) is 6. The molecule has 0 aliphatic heterocycles. The van der Waals surface area contributed by atoms with Crippen LogP contribution in [0, 0.1) is 0 Å². The van der Waals surface area contributed by atoms with Crippen molar-refractivity contribution in [2.75, 3.05) is 19.8 Å². The van der Waals surface area contributed by atoms with Crippen molar-refractivity contribution in [2.24, 2.45) is 0 Å². The molecule has 6 nitrogen and oxygen atoms in total. The van der Waals surface area contributed by atoms with Crippen molar-refractivity contribution >= 4 is 11.9 Å². The lowest BCUT2D eigenvalue weighted by molar-refractivity contribution is -0.147. The third-order valence-electron chi connectivity index (χ3n) is 1.51. The number of carbonyl (C=O) groups is 2. The predicted molar refractivity (Wildman–Crippen MR) is 70.3 cm³/mol. The van der Waals surface area contributed by atoms with Gasteiger partial charge >= 0.3 is 11.9 Å². The molecule has 0 bridgehead atoms. The number of esters is 2. The second-order valence-electron chi connectivity index (χ2n) is 3.86. The zero-order valence-electron chi connectivity index (χ0n) is 11.6. The van der Waals surface area contributed by atoms with Gasteiger partial charge in [0.25, 0.3) is 0 Å². The lowest BCUT2D eigenvalue weighted by atomic mass is 10.4. The van der Waals surface area contributed by atoms with Crippen molar-refractivity contribution in [2.45, 2.75) is 26.9 Å². The number of hydrogen-bond donors (Lipinski definition) is 2. The molecule has 0 fully saturated rings. The fourth-order valence-electron chi connectivity index (χ4n) is 0.515. The lowest BCUT2D eigenvalue weighted by Crippen LogP contribution is -2.14. The molecule has 0 heterocycles. The molecule has 2 N–H and O–H groups in total. The molecule has 0 radical (unpaired) electrons. The Morgan fingerprint density at radius 1 is 1.05 bits per heavy atom. The van der Waals surface area contributed by atoms with Crippen molar-refractivity contribution in [3.63, 3.8) is 0 Å². The van der Waals surface area contributed by atoms with Gasteiger partial charge in [-0.1, -0.05) is 13.2 Å². The molecule has 0 spiro atoms. The molecule has 1 unspecified atom stereocenters. The monoisotopic (exact) mass is 274 g/mol. The Hall–Kier alpha value is -1.66. The van der Waals surface area contributed by atoms with Crippen LogP contribution in [0.4, 0.5) is 0 Å². The Balaban J connectivity index is 0. The fourth-order valence-corrected chi connectivity index (χ4v) is 0.515. The minimum atomic E-state index is -0.560. The third-order valence-corrected chi connectivity index (χ3v) is 1.51. The van der Waals surface area contributed by atoms with Gasteiger partial charge in [-0.2, -0.15) is 0 Å². The largest absolute Gasteiger partial charge is 0.459 e. The van der Waals surface area contributed by atoms with E-state index >= 15 is 0 Å². The Bertz CT molecular complexity index is 291. The maximum Gasteiger partial charge on any atom is 0.333 e. The summed E-state index contributed by atoms with van der Waals surface area (Å²) < 4.78 is 9.38. The Labute approximate surface area is 113 Å². The van der Waals surface area contributed by atoms with E-state index in [2.05, 4.69) is 22.6 Å². The highest BCUT2D eigenvalue weighted by Gasteiger charge is 2.05. The van der Waals surface area contributed by atoms with E-state index in [9.17, 15) is 9.59 Å². The van der Waals surface area contributed by atoms with E-state index in [1.54, 1.807) is 13.8 Å². The van der Waals surface area contributed by atoms with Gasteiger partial charge in [0, 0.05) is 11.1 Å². The summed E-state index contributed by atoms with van der Waals surface area (Å²) in [5, 5.41) is 16.0. The molecule has 110 valence electrons. The third kappa shape index (κ3) is 14.3. The first-order valence-corrected chi connectivity index (χ1v) is 5.66. The molecular formula is C13H22O6. The van der Waals surface area contributed by atoms with Gasteiger partial charge in [-0.15, -0.1) is 0 Å². The van der Waals surface area contributed by atoms with Gasteiger partial charge in [0.1, 0.15) is 13.2 Å². The van der Waals surface area contributed by atoms with Gasteiger partial charge in [0.15, 0.2) is 0 Å². The highest BCUT2D eigenvalue weighted by molar-refractivity contribution is 5.87. The summed E-state index contributed by atoms with van der Waals surface area (Å²) >= 11 is 0. The topological polar surface area (TPSA) is 93.1 Å². The van der Waals surface area contributed by atoms with E-state index < -0.39 is 18.0 Å². The van der Waals surface area contributed by atoms with E-state index in [1.165, 1.54) is 6.92 Å². The number of ether oxygens (including phenoxy) is 2. The van der Waals surface area contributed by atoms with Gasteiger partial charge in [-0.25, -0.2) is 9.59 Å². The average molecular weight is 274 g/mol. The van der Waals surface area contributed by atoms with Gasteiger partial charge in [-0.3, -0.25) is 0 Å². The van der Waals surface area contributed by atoms with E-state index in [-0.39, 0.29) is 19.8 Å². The van der Waals surface area contributed by atoms with Crippen LogP contribution in [0.15, 0.2) is 24.3 Å². The second kappa shape index (κ2) is 11.4. The van der Waals surface area contributed by atoms with Crippen molar-refractivity contribution in [1.82, 2.24) is 0 Å². The Morgan fingerprint density at radius 2 is 1.32 bits per heavy atom. The van der Waals surface area contributed by atoms with Crippen LogP contribution in [0.3, 0.4) is 0 Å². The molecule has 0 aromatic carbocycles. The SMILES string of the molecule is C=C(C)C(=O)OCCOC(=O)C(=C)C.CC(O)CO. The number of carbonyl (C=O) groups excluding carboxylic acids is 2. The molecule has 0 saturated carbocycles. The quantitative estimate of drug-likeness (QED) is 0.418. The van der Waals surface area contributed by atoms with Crippen molar-refractivity contribution in [3.05, 3.63) is 24.3 Å². The molecule has 0 amide bonds. The van der Waals surface area contributed by atoms with Crippen molar-refractivity contribution in [3.8, 4) is 0 Å². The molecule has 6 heteroatoms. The standard InChI is InChI=1S/C10H14O4.C3H8O2/c1-7(2)9(11)13-5-6-14-10(12)8(3)4;1-3(5)2-4/h1,3,5-6H2,2,4H3;3-5H,2H2,1H3. The molecule has 0 rings (SSSR count). The van der Waals surface area contributed by atoms with Gasteiger partial charge in [0.05, 0.1) is 12.7 Å². The van der Waals surface area contributed by atoms with Crippen LogP contribution >= 0.6 is 0 Å². The van der Waals surface area contributed by atoms with Gasteiger partial charge < -0.3 is 19.7 Å². The summed E-state index contributed by atoms with van der Waals surface area (Å²) in [7, 11) is 0. The van der Waals surface area contributed by atoms with Crippen LogP contribution in [0.1, 0.15) is 20.8 Å². The lowest BCUT2D eigenvalue weighted by Gasteiger charge is -2.05. The maximum atomic E-state index is 10.8. The molecule has 19 heavy (non-hydrogen) atoms. The number of rotatable bonds is 6. The molecule has 0 aromatic heterocycles. The molecule has 0 aliphatic rings. The normalized spacial score (nSPS) is 10.6. The first kappa shape index (κ1) is 19.7. The van der Waals surface area contributed by atoms with Crippen molar-refractivity contribution < 1.29 is 29.3 Å². The zero-order chi connectivity index (χ0) is 15.4. The van der Waals surface area contributed by atoms with Crippen LogP contribution in [-0.2, 0) is 19.1 Å². The summed E-state index contributed by atoms with van der Waals surface area (Å²) in [5.74, 6) is -0.979. The smallest absolute Gasteiger partial charge is 0.333 e. The first-order chi connectivity index (χ1) is 8.72. The molecule has 0 aromatic rings. The van der Waals surface area contributed by atoms with E-state index in [0.29, 0.717) is 11.1 Å². The molecular weight excluding hydrogens is 252 g/mol. The van der Waals surface area contributed by atoms with Crippen LogP contribution in [0.5, 0.6) is 0 Å². The van der Waals surface area contributed by atoms with E-state index in [0.717, 1.165) is 0 Å². The first-order valence-electron chi connectivity index (χ1n) is 5.66. The zero-order valence-corrected chi connectivity index (χ0v) is 11.6. The summed E-state index contributed by atoms with van der Waals surface area (Å²) in [6.45, 7) is 11.3. The Morgan fingerprint density at radius 3 is 1.47 bits per heavy atom. The van der Waals surface area contributed by atoms with Gasteiger partial charge in [-0.05, 0) is 20.8 Å². The summed E-state index contributed by atoms with van der Waals surface area (Å²) in [6.07, 6.45) is -0.560. The predicted octanol–water partition coefficient (Wildman–Crippen LogP) is 0.584. The summed E-state index contributed by atoms with van der Waals surface area (Å²) in [6, 6.07) is 0. The average Bonchev–Trinajstić information content (AvgIpc) is 2.34. The minimum Gasteiger partial charge on any atom is -0.459 e.